The van der Waals surface area contributed by atoms with Crippen LogP contribution in [0.2, 0.25) is 0 Å². The first-order valence-electron chi connectivity index (χ1n) is 8.74. The number of carbonyl (C=O) groups is 1. The number of benzene rings is 2. The third-order valence-corrected chi connectivity index (χ3v) is 4.43. The van der Waals surface area contributed by atoms with Gasteiger partial charge in [0.1, 0.15) is 0 Å². The first kappa shape index (κ1) is 19.5. The van der Waals surface area contributed by atoms with Crippen LogP contribution in [0, 0.1) is 11.3 Å². The van der Waals surface area contributed by atoms with E-state index in [9.17, 15) is 4.79 Å². The molecule has 136 valence electrons. The van der Waals surface area contributed by atoms with E-state index in [1.54, 1.807) is 0 Å². The van der Waals surface area contributed by atoms with Crippen LogP contribution in [0.15, 0.2) is 54.6 Å². The summed E-state index contributed by atoms with van der Waals surface area (Å²) in [4.78, 5) is 14.3. The number of nitrogens with zero attached hydrogens (tertiary/aromatic N) is 2. The standard InChI is InChI=1S/C21H26N4O/c1-16(19-7-5-4-6-8-19)24-21(26)23-15-20(25(2)3)13-17-9-11-18(14-22)12-10-17/h4-12,16,20H,13,15H2,1-3H3,(H2,23,24,26). The number of rotatable bonds is 7. The summed E-state index contributed by atoms with van der Waals surface area (Å²) in [6.45, 7) is 2.51. The van der Waals surface area contributed by atoms with Gasteiger partial charge in [0.25, 0.3) is 0 Å². The molecule has 0 bridgehead atoms. The van der Waals surface area contributed by atoms with Crippen molar-refractivity contribution in [3.63, 3.8) is 0 Å². The number of hydrogen-bond acceptors (Lipinski definition) is 3. The van der Waals surface area contributed by atoms with Crippen molar-refractivity contribution >= 4 is 6.03 Å². The van der Waals surface area contributed by atoms with E-state index in [-0.39, 0.29) is 18.1 Å². The third kappa shape index (κ3) is 5.91. The van der Waals surface area contributed by atoms with E-state index in [4.69, 9.17) is 5.26 Å². The lowest BCUT2D eigenvalue weighted by Crippen LogP contribution is -2.45. The Balaban J connectivity index is 1.87. The zero-order chi connectivity index (χ0) is 18.9. The van der Waals surface area contributed by atoms with Gasteiger partial charge in [-0.2, -0.15) is 5.26 Å². The summed E-state index contributed by atoms with van der Waals surface area (Å²) < 4.78 is 0. The minimum atomic E-state index is -0.173. The molecule has 2 N–H and O–H groups in total. The minimum Gasteiger partial charge on any atom is -0.337 e. The quantitative estimate of drug-likeness (QED) is 0.806. The van der Waals surface area contributed by atoms with Gasteiger partial charge in [-0.1, -0.05) is 42.5 Å². The van der Waals surface area contributed by atoms with E-state index in [1.807, 2.05) is 75.6 Å². The molecule has 0 aromatic heterocycles. The van der Waals surface area contributed by atoms with Crippen LogP contribution in [0.4, 0.5) is 4.79 Å². The van der Waals surface area contributed by atoms with Gasteiger partial charge >= 0.3 is 6.03 Å². The highest BCUT2D eigenvalue weighted by molar-refractivity contribution is 5.74. The summed E-state index contributed by atoms with van der Waals surface area (Å²) in [5.74, 6) is 0. The highest BCUT2D eigenvalue weighted by Crippen LogP contribution is 2.11. The molecule has 2 amide bonds. The van der Waals surface area contributed by atoms with Crippen LogP contribution < -0.4 is 10.6 Å². The van der Waals surface area contributed by atoms with Crippen molar-refractivity contribution in [3.05, 3.63) is 71.3 Å². The molecule has 0 saturated carbocycles. The molecule has 0 spiro atoms. The van der Waals surface area contributed by atoms with Gasteiger partial charge in [0.05, 0.1) is 17.7 Å². The number of carbonyl (C=O) groups excluding carboxylic acids is 1. The smallest absolute Gasteiger partial charge is 0.315 e. The van der Waals surface area contributed by atoms with E-state index in [0.29, 0.717) is 12.1 Å². The first-order chi connectivity index (χ1) is 12.5. The summed E-state index contributed by atoms with van der Waals surface area (Å²) in [6, 6.07) is 19.5. The van der Waals surface area contributed by atoms with Crippen molar-refractivity contribution in [2.75, 3.05) is 20.6 Å². The number of nitriles is 1. The zero-order valence-electron chi connectivity index (χ0n) is 15.6. The van der Waals surface area contributed by atoms with E-state index in [1.165, 1.54) is 0 Å². The van der Waals surface area contributed by atoms with E-state index < -0.39 is 0 Å². The fourth-order valence-electron chi connectivity index (χ4n) is 2.71. The van der Waals surface area contributed by atoms with Crippen LogP contribution in [0.3, 0.4) is 0 Å². The van der Waals surface area contributed by atoms with Crippen molar-refractivity contribution in [2.24, 2.45) is 0 Å². The number of hydrogen-bond donors (Lipinski definition) is 2. The van der Waals surface area contributed by atoms with Crippen LogP contribution in [0.25, 0.3) is 0 Å². The molecule has 2 atom stereocenters. The predicted octanol–water partition coefficient (Wildman–Crippen LogP) is 3.09. The molecule has 0 heterocycles. The Kier molecular flexibility index (Phi) is 7.19. The normalized spacial score (nSPS) is 12.9. The third-order valence-electron chi connectivity index (χ3n) is 4.43. The average molecular weight is 350 g/mol. The van der Waals surface area contributed by atoms with Gasteiger partial charge in [0.2, 0.25) is 0 Å². The fourth-order valence-corrected chi connectivity index (χ4v) is 2.71. The molecule has 26 heavy (non-hydrogen) atoms. The molecule has 0 saturated heterocycles. The Bertz CT molecular complexity index is 735. The van der Waals surface area contributed by atoms with E-state index >= 15 is 0 Å². The zero-order valence-corrected chi connectivity index (χ0v) is 15.6. The number of nitrogens with one attached hydrogen (secondary N) is 2. The van der Waals surface area contributed by atoms with Crippen molar-refractivity contribution < 1.29 is 4.79 Å². The molecular weight excluding hydrogens is 324 g/mol. The Morgan fingerprint density at radius 2 is 1.77 bits per heavy atom. The molecule has 5 nitrogen and oxygen atoms in total. The minimum absolute atomic E-state index is 0.0486. The summed E-state index contributed by atoms with van der Waals surface area (Å²) in [6.07, 6.45) is 0.799. The summed E-state index contributed by atoms with van der Waals surface area (Å²) in [7, 11) is 4.00. The monoisotopic (exact) mass is 350 g/mol. The fraction of sp³-hybridized carbons (Fsp3) is 0.333. The van der Waals surface area contributed by atoms with Crippen LogP contribution in [-0.2, 0) is 6.42 Å². The van der Waals surface area contributed by atoms with Gasteiger partial charge in [-0.25, -0.2) is 4.79 Å². The van der Waals surface area contributed by atoms with Gasteiger partial charge in [-0.15, -0.1) is 0 Å². The Morgan fingerprint density at radius 3 is 2.35 bits per heavy atom. The van der Waals surface area contributed by atoms with Gasteiger partial charge in [0.15, 0.2) is 0 Å². The van der Waals surface area contributed by atoms with Gasteiger partial charge in [-0.05, 0) is 50.7 Å². The van der Waals surface area contributed by atoms with Crippen molar-refractivity contribution in [2.45, 2.75) is 25.4 Å². The van der Waals surface area contributed by atoms with Crippen molar-refractivity contribution in [3.8, 4) is 6.07 Å². The second kappa shape index (κ2) is 9.59. The maximum atomic E-state index is 12.2. The number of likely N-dealkylation sites (N-methyl/N-ethyl adjacent to an activating group) is 1. The number of amides is 2. The predicted molar refractivity (Wildman–Crippen MR) is 104 cm³/mol. The molecule has 0 aliphatic heterocycles. The highest BCUT2D eigenvalue weighted by Gasteiger charge is 2.15. The van der Waals surface area contributed by atoms with Crippen LogP contribution >= 0.6 is 0 Å². The molecule has 0 fully saturated rings. The Labute approximate surface area is 155 Å². The molecule has 5 heteroatoms. The lowest BCUT2D eigenvalue weighted by atomic mass is 10.0. The first-order valence-corrected chi connectivity index (χ1v) is 8.74. The molecule has 0 aliphatic rings. The summed E-state index contributed by atoms with van der Waals surface area (Å²) >= 11 is 0. The molecule has 2 rings (SSSR count). The SMILES string of the molecule is CC(NC(=O)NCC(Cc1ccc(C#N)cc1)N(C)C)c1ccccc1. The average Bonchev–Trinajstić information content (AvgIpc) is 2.66. The lowest BCUT2D eigenvalue weighted by molar-refractivity contribution is 0.229. The molecule has 0 aliphatic carbocycles. The maximum absolute atomic E-state index is 12.2. The Morgan fingerprint density at radius 1 is 1.12 bits per heavy atom. The summed E-state index contributed by atoms with van der Waals surface area (Å²) in [5.41, 5.74) is 2.87. The van der Waals surface area contributed by atoms with Gasteiger partial charge in [-0.3, -0.25) is 0 Å². The maximum Gasteiger partial charge on any atom is 0.315 e. The molecular formula is C21H26N4O. The summed E-state index contributed by atoms with van der Waals surface area (Å²) in [5, 5.41) is 14.8. The highest BCUT2D eigenvalue weighted by atomic mass is 16.2. The van der Waals surface area contributed by atoms with E-state index in [2.05, 4.69) is 21.6 Å². The molecule has 2 aromatic carbocycles. The van der Waals surface area contributed by atoms with E-state index in [0.717, 1.165) is 17.5 Å². The van der Waals surface area contributed by atoms with Gasteiger partial charge in [0, 0.05) is 12.6 Å². The van der Waals surface area contributed by atoms with Crippen molar-refractivity contribution in [1.82, 2.24) is 15.5 Å². The second-order valence-electron chi connectivity index (χ2n) is 6.62. The Hall–Kier alpha value is -2.84. The number of urea groups is 1. The van der Waals surface area contributed by atoms with Crippen LogP contribution in [0.5, 0.6) is 0 Å². The topological polar surface area (TPSA) is 68.2 Å². The van der Waals surface area contributed by atoms with Crippen molar-refractivity contribution in [1.29, 1.82) is 5.26 Å². The largest absolute Gasteiger partial charge is 0.337 e. The lowest BCUT2D eigenvalue weighted by Gasteiger charge is -2.25. The molecule has 2 aromatic rings. The van der Waals surface area contributed by atoms with Crippen LogP contribution in [0.1, 0.15) is 29.7 Å². The van der Waals surface area contributed by atoms with Gasteiger partial charge < -0.3 is 15.5 Å². The molecule has 2 unspecified atom stereocenters. The molecule has 0 radical (unpaired) electrons. The second-order valence-corrected chi connectivity index (χ2v) is 6.62. The van der Waals surface area contributed by atoms with Crippen LogP contribution in [-0.4, -0.2) is 37.6 Å².